The van der Waals surface area contributed by atoms with Crippen LogP contribution in [0.3, 0.4) is 0 Å². The maximum Gasteiger partial charge on any atom is 0.342 e. The number of halogens is 1. The highest BCUT2D eigenvalue weighted by atomic mass is 19.1. The summed E-state index contributed by atoms with van der Waals surface area (Å²) in [4.78, 5) is 13.9. The number of aromatic nitrogens is 1. The first-order valence-electron chi connectivity index (χ1n) is 3.07. The standard InChI is InChI=1S/C7H6FNO3/c1-12-5-3-9-2-4(8)6(5)7(10)11/h2-3H,1H3,(H,10,11). The van der Waals surface area contributed by atoms with Crippen LogP contribution in [0, 0.1) is 5.82 Å². The molecule has 0 aromatic carbocycles. The Labute approximate surface area is 67.6 Å². The molecule has 0 bridgehead atoms. The van der Waals surface area contributed by atoms with Crippen molar-refractivity contribution in [2.75, 3.05) is 7.11 Å². The van der Waals surface area contributed by atoms with E-state index in [2.05, 4.69) is 9.72 Å². The molecule has 0 saturated carbocycles. The molecule has 0 saturated heterocycles. The Morgan fingerprint density at radius 2 is 2.33 bits per heavy atom. The first-order chi connectivity index (χ1) is 5.66. The lowest BCUT2D eigenvalue weighted by Crippen LogP contribution is -2.04. The van der Waals surface area contributed by atoms with E-state index >= 15 is 0 Å². The molecule has 0 amide bonds. The van der Waals surface area contributed by atoms with Crippen LogP contribution in [0.25, 0.3) is 0 Å². The Balaban J connectivity index is 3.29. The van der Waals surface area contributed by atoms with E-state index in [0.29, 0.717) is 0 Å². The van der Waals surface area contributed by atoms with Crippen LogP contribution < -0.4 is 4.74 Å². The van der Waals surface area contributed by atoms with Gasteiger partial charge < -0.3 is 9.84 Å². The van der Waals surface area contributed by atoms with Gasteiger partial charge in [0.25, 0.3) is 0 Å². The number of aromatic carboxylic acids is 1. The Hall–Kier alpha value is -1.65. The molecule has 12 heavy (non-hydrogen) atoms. The van der Waals surface area contributed by atoms with E-state index in [9.17, 15) is 9.18 Å². The second-order valence-electron chi connectivity index (χ2n) is 2.00. The van der Waals surface area contributed by atoms with Crippen molar-refractivity contribution in [3.05, 3.63) is 23.8 Å². The molecule has 1 heterocycles. The third kappa shape index (κ3) is 1.34. The molecule has 5 heteroatoms. The molecule has 0 unspecified atom stereocenters. The Morgan fingerprint density at radius 1 is 1.67 bits per heavy atom. The molecule has 0 atom stereocenters. The van der Waals surface area contributed by atoms with Gasteiger partial charge in [0.15, 0.2) is 11.6 Å². The number of carboxylic acids is 1. The van der Waals surface area contributed by atoms with Crippen LogP contribution in [-0.2, 0) is 0 Å². The van der Waals surface area contributed by atoms with Gasteiger partial charge in [0.05, 0.1) is 19.5 Å². The number of carboxylic acid groups (broad SMARTS) is 1. The number of hydrogen-bond acceptors (Lipinski definition) is 3. The molecular weight excluding hydrogens is 165 g/mol. The highest BCUT2D eigenvalue weighted by molar-refractivity contribution is 5.90. The third-order valence-corrected chi connectivity index (χ3v) is 1.30. The summed E-state index contributed by atoms with van der Waals surface area (Å²) in [5.41, 5.74) is -0.493. The van der Waals surface area contributed by atoms with Gasteiger partial charge in [-0.05, 0) is 0 Å². The van der Waals surface area contributed by atoms with Gasteiger partial charge in [0.1, 0.15) is 5.56 Å². The number of carbonyl (C=O) groups is 1. The largest absolute Gasteiger partial charge is 0.494 e. The van der Waals surface area contributed by atoms with Gasteiger partial charge in [-0.2, -0.15) is 0 Å². The van der Waals surface area contributed by atoms with Crippen molar-refractivity contribution in [1.29, 1.82) is 0 Å². The van der Waals surface area contributed by atoms with E-state index < -0.39 is 17.3 Å². The summed E-state index contributed by atoms with van der Waals surface area (Å²) in [6, 6.07) is 0. The Morgan fingerprint density at radius 3 is 2.75 bits per heavy atom. The van der Waals surface area contributed by atoms with Crippen molar-refractivity contribution >= 4 is 5.97 Å². The lowest BCUT2D eigenvalue weighted by Gasteiger charge is -2.03. The van der Waals surface area contributed by atoms with Crippen LogP contribution in [0.1, 0.15) is 10.4 Å². The Bertz CT molecular complexity index is 314. The molecule has 0 aliphatic rings. The van der Waals surface area contributed by atoms with Crippen molar-refractivity contribution < 1.29 is 19.0 Å². The predicted octanol–water partition coefficient (Wildman–Crippen LogP) is 0.927. The number of methoxy groups -OCH3 is 1. The zero-order chi connectivity index (χ0) is 9.14. The molecule has 0 aliphatic heterocycles. The average Bonchev–Trinajstić information content (AvgIpc) is 2.03. The van der Waals surface area contributed by atoms with Gasteiger partial charge in [-0.3, -0.25) is 4.98 Å². The van der Waals surface area contributed by atoms with E-state index in [4.69, 9.17) is 5.11 Å². The van der Waals surface area contributed by atoms with Gasteiger partial charge in [-0.1, -0.05) is 0 Å². The minimum atomic E-state index is -1.37. The normalized spacial score (nSPS) is 9.50. The number of rotatable bonds is 2. The van der Waals surface area contributed by atoms with E-state index in [1.807, 2.05) is 0 Å². The van der Waals surface area contributed by atoms with Crippen LogP contribution in [0.2, 0.25) is 0 Å². The third-order valence-electron chi connectivity index (χ3n) is 1.30. The van der Waals surface area contributed by atoms with Gasteiger partial charge >= 0.3 is 5.97 Å². The van der Waals surface area contributed by atoms with Gasteiger partial charge in [-0.25, -0.2) is 9.18 Å². The number of hydrogen-bond donors (Lipinski definition) is 1. The summed E-state index contributed by atoms with van der Waals surface area (Å²) < 4.78 is 17.4. The van der Waals surface area contributed by atoms with E-state index in [1.54, 1.807) is 0 Å². The first-order valence-corrected chi connectivity index (χ1v) is 3.07. The lowest BCUT2D eigenvalue weighted by atomic mass is 10.2. The van der Waals surface area contributed by atoms with Gasteiger partial charge in [0, 0.05) is 0 Å². The van der Waals surface area contributed by atoms with Gasteiger partial charge in [0.2, 0.25) is 0 Å². The molecule has 0 spiro atoms. The summed E-state index contributed by atoms with van der Waals surface area (Å²) in [7, 11) is 1.25. The fourth-order valence-electron chi connectivity index (χ4n) is 0.780. The van der Waals surface area contributed by atoms with Gasteiger partial charge in [-0.15, -0.1) is 0 Å². The molecule has 0 aliphatic carbocycles. The number of nitrogens with zero attached hydrogens (tertiary/aromatic N) is 1. The SMILES string of the molecule is COc1cncc(F)c1C(=O)O. The summed E-state index contributed by atoms with van der Waals surface area (Å²) >= 11 is 0. The van der Waals surface area contributed by atoms with E-state index in [0.717, 1.165) is 12.4 Å². The van der Waals surface area contributed by atoms with Crippen LogP contribution in [0.15, 0.2) is 12.4 Å². The fraction of sp³-hybridized carbons (Fsp3) is 0.143. The molecule has 4 nitrogen and oxygen atoms in total. The van der Waals surface area contributed by atoms with Crippen LogP contribution >= 0.6 is 0 Å². The predicted molar refractivity (Wildman–Crippen MR) is 37.7 cm³/mol. The summed E-state index contributed by atoms with van der Waals surface area (Å²) in [6.45, 7) is 0. The second kappa shape index (κ2) is 3.17. The smallest absolute Gasteiger partial charge is 0.342 e. The van der Waals surface area contributed by atoms with Crippen molar-refractivity contribution in [3.63, 3.8) is 0 Å². The minimum absolute atomic E-state index is 0.0810. The van der Waals surface area contributed by atoms with Crippen LogP contribution in [0.5, 0.6) is 5.75 Å². The molecule has 1 aromatic rings. The molecule has 64 valence electrons. The number of ether oxygens (including phenoxy) is 1. The average molecular weight is 171 g/mol. The Kier molecular flexibility index (Phi) is 2.23. The van der Waals surface area contributed by atoms with Crippen molar-refractivity contribution in [1.82, 2.24) is 4.98 Å². The van der Waals surface area contributed by atoms with Crippen LogP contribution in [-0.4, -0.2) is 23.2 Å². The first kappa shape index (κ1) is 8.45. The van der Waals surface area contributed by atoms with E-state index in [-0.39, 0.29) is 5.75 Å². The summed E-state index contributed by atoms with van der Waals surface area (Å²) in [5.74, 6) is -2.35. The fourth-order valence-corrected chi connectivity index (χ4v) is 0.780. The minimum Gasteiger partial charge on any atom is -0.494 e. The highest BCUT2D eigenvalue weighted by Crippen LogP contribution is 2.18. The molecule has 1 N–H and O–H groups in total. The molecule has 1 rings (SSSR count). The van der Waals surface area contributed by atoms with Crippen molar-refractivity contribution in [2.24, 2.45) is 0 Å². The molecule has 0 fully saturated rings. The maximum atomic E-state index is 12.8. The van der Waals surface area contributed by atoms with Crippen molar-refractivity contribution in [2.45, 2.75) is 0 Å². The highest BCUT2D eigenvalue weighted by Gasteiger charge is 2.16. The van der Waals surface area contributed by atoms with Crippen molar-refractivity contribution in [3.8, 4) is 5.75 Å². The number of pyridine rings is 1. The van der Waals surface area contributed by atoms with Crippen LogP contribution in [0.4, 0.5) is 4.39 Å². The summed E-state index contributed by atoms with van der Waals surface area (Å²) in [6.07, 6.45) is 1.97. The zero-order valence-electron chi connectivity index (χ0n) is 6.24. The quantitative estimate of drug-likeness (QED) is 0.718. The van der Waals surface area contributed by atoms with E-state index in [1.165, 1.54) is 7.11 Å². The second-order valence-corrected chi connectivity index (χ2v) is 2.00. The lowest BCUT2D eigenvalue weighted by molar-refractivity contribution is 0.0687. The molecule has 0 radical (unpaired) electrons. The zero-order valence-corrected chi connectivity index (χ0v) is 6.24. The molecule has 1 aromatic heterocycles. The topological polar surface area (TPSA) is 59.4 Å². The maximum absolute atomic E-state index is 12.8. The monoisotopic (exact) mass is 171 g/mol. The summed E-state index contributed by atoms with van der Waals surface area (Å²) in [5, 5.41) is 8.53. The molecular formula is C7H6FNO3.